The minimum atomic E-state index is -4.46. The molecule has 0 amide bonds. The summed E-state index contributed by atoms with van der Waals surface area (Å²) in [6.45, 7) is 3.87. The van der Waals surface area contributed by atoms with Gasteiger partial charge in [-0.15, -0.1) is 0 Å². The number of nitrogens with zero attached hydrogens (tertiary/aromatic N) is 1. The molecule has 4 rings (SSSR count). The number of hydrogen-bond donors (Lipinski definition) is 1. The van der Waals surface area contributed by atoms with E-state index in [0.29, 0.717) is 28.8 Å². The number of halogens is 1. The number of aryl methyl sites for hydroxylation is 1. The van der Waals surface area contributed by atoms with Crippen LogP contribution in [0.2, 0.25) is 0 Å². The van der Waals surface area contributed by atoms with E-state index in [4.69, 9.17) is 4.98 Å². The fourth-order valence-electron chi connectivity index (χ4n) is 4.54. The van der Waals surface area contributed by atoms with E-state index in [9.17, 15) is 28.9 Å². The van der Waals surface area contributed by atoms with Crippen molar-refractivity contribution < 1.29 is 88.0 Å². The van der Waals surface area contributed by atoms with Crippen LogP contribution in [0.25, 0.3) is 22.4 Å². The Hall–Kier alpha value is -1.30. The third kappa shape index (κ3) is 7.67. The van der Waals surface area contributed by atoms with Crippen molar-refractivity contribution in [2.45, 2.75) is 45.1 Å². The maximum absolute atomic E-state index is 13.8. The van der Waals surface area contributed by atoms with Gasteiger partial charge in [-0.05, 0) is 53.2 Å². The van der Waals surface area contributed by atoms with Gasteiger partial charge in [0.1, 0.15) is 5.82 Å². The zero-order valence-corrected chi connectivity index (χ0v) is 26.8. The van der Waals surface area contributed by atoms with Gasteiger partial charge in [0.05, 0.1) is 30.4 Å². The Morgan fingerprint density at radius 3 is 2.42 bits per heavy atom. The average Bonchev–Trinajstić information content (AvgIpc) is 2.81. The molecule has 0 aliphatic heterocycles. The quantitative estimate of drug-likeness (QED) is 0.202. The minimum absolute atomic E-state index is 0. The second kappa shape index (κ2) is 13.9. The second-order valence-corrected chi connectivity index (χ2v) is 11.2. The molecule has 1 heterocycles. The van der Waals surface area contributed by atoms with Gasteiger partial charge in [0.25, 0.3) is 0 Å². The summed E-state index contributed by atoms with van der Waals surface area (Å²) in [4.78, 5) is 28.3. The zero-order valence-electron chi connectivity index (χ0n) is 22.0. The number of rotatable bonds is 6. The SMILES string of the molecule is CC(C)c1nc2c(c(-c3ccc(F)cc3)c1C#CP(=O)([O-])C[C@H](O)CC(=O)[O-])CCc1ccccc1-2.[Na+].[Na+]. The van der Waals surface area contributed by atoms with Crippen molar-refractivity contribution in [3.63, 3.8) is 0 Å². The maximum atomic E-state index is 13.8. The molecule has 38 heavy (non-hydrogen) atoms. The Kier molecular flexibility index (Phi) is 12.0. The summed E-state index contributed by atoms with van der Waals surface area (Å²) in [5.74, 6) is 0.745. The Balaban J connectivity index is 0.00000253. The van der Waals surface area contributed by atoms with Crippen LogP contribution in [-0.4, -0.2) is 28.3 Å². The summed E-state index contributed by atoms with van der Waals surface area (Å²) in [6.07, 6.45) is -1.80. The molecule has 0 fully saturated rings. The van der Waals surface area contributed by atoms with Gasteiger partial charge in [-0.25, -0.2) is 4.39 Å². The van der Waals surface area contributed by atoms with E-state index in [1.807, 2.05) is 32.0 Å². The monoisotopic (exact) mass is 551 g/mol. The van der Waals surface area contributed by atoms with Gasteiger partial charge in [0.2, 0.25) is 0 Å². The summed E-state index contributed by atoms with van der Waals surface area (Å²) < 4.78 is 26.4. The Labute approximate surface area is 266 Å². The van der Waals surface area contributed by atoms with Gasteiger partial charge in [0, 0.05) is 29.7 Å². The van der Waals surface area contributed by atoms with E-state index in [-0.39, 0.29) is 65.0 Å². The van der Waals surface area contributed by atoms with Crippen LogP contribution in [0.5, 0.6) is 0 Å². The number of aliphatic hydroxyl groups is 1. The van der Waals surface area contributed by atoms with Gasteiger partial charge < -0.3 is 24.5 Å². The summed E-state index contributed by atoms with van der Waals surface area (Å²) in [5, 5.41) is 20.5. The summed E-state index contributed by atoms with van der Waals surface area (Å²) in [5.41, 5.74) is 8.61. The molecule has 2 aromatic carbocycles. The van der Waals surface area contributed by atoms with Crippen LogP contribution in [-0.2, 0) is 22.2 Å². The average molecular weight is 551 g/mol. The topological polar surface area (TPSA) is 113 Å². The fraction of sp³-hybridized carbons (Fsp3) is 0.286. The van der Waals surface area contributed by atoms with Crippen molar-refractivity contribution in [1.82, 2.24) is 4.98 Å². The molecule has 186 valence electrons. The molecule has 10 heteroatoms. The molecule has 1 unspecified atom stereocenters. The fourth-order valence-corrected chi connectivity index (χ4v) is 5.59. The Bertz CT molecular complexity index is 1430. The van der Waals surface area contributed by atoms with Gasteiger partial charge in [-0.3, -0.25) is 4.98 Å². The summed E-state index contributed by atoms with van der Waals surface area (Å²) in [6, 6.07) is 14.0. The van der Waals surface area contributed by atoms with Gasteiger partial charge in [-0.2, -0.15) is 0 Å². The van der Waals surface area contributed by atoms with Crippen LogP contribution >= 0.6 is 7.37 Å². The Morgan fingerprint density at radius 2 is 1.79 bits per heavy atom. The van der Waals surface area contributed by atoms with Crippen molar-refractivity contribution >= 4 is 13.3 Å². The number of benzene rings is 2. The first kappa shape index (κ1) is 32.9. The Morgan fingerprint density at radius 1 is 1.13 bits per heavy atom. The molecule has 1 aliphatic rings. The number of pyridine rings is 1. The number of aromatic nitrogens is 1. The number of aliphatic hydroxyl groups excluding tert-OH is 1. The number of carboxylic acid groups (broad SMARTS) is 1. The molecule has 2 atom stereocenters. The van der Waals surface area contributed by atoms with Gasteiger partial charge in [0.15, 0.2) is 0 Å². The molecule has 0 bridgehead atoms. The first-order chi connectivity index (χ1) is 17.1. The maximum Gasteiger partial charge on any atom is 1.00 e. The molecular weight excluding hydrogens is 526 g/mol. The molecule has 6 nitrogen and oxygen atoms in total. The van der Waals surface area contributed by atoms with Crippen molar-refractivity contribution in [3.05, 3.63) is 76.7 Å². The smallest absolute Gasteiger partial charge is 0.790 e. The third-order valence-corrected chi connectivity index (χ3v) is 7.48. The van der Waals surface area contributed by atoms with Crippen LogP contribution in [0.1, 0.15) is 48.6 Å². The molecule has 0 radical (unpaired) electrons. The van der Waals surface area contributed by atoms with E-state index in [1.165, 1.54) is 17.7 Å². The van der Waals surface area contributed by atoms with Crippen molar-refractivity contribution in [2.75, 3.05) is 6.16 Å². The number of aliphatic carboxylic acids is 1. The number of fused-ring (bicyclic) bond motifs is 3. The van der Waals surface area contributed by atoms with Crippen molar-refractivity contribution in [1.29, 1.82) is 0 Å². The number of hydrogen-bond acceptors (Lipinski definition) is 6. The molecule has 1 aromatic heterocycles. The molecule has 0 saturated heterocycles. The van der Waals surface area contributed by atoms with E-state index < -0.39 is 37.8 Å². The predicted molar refractivity (Wildman–Crippen MR) is 132 cm³/mol. The van der Waals surface area contributed by atoms with E-state index in [0.717, 1.165) is 23.2 Å². The van der Waals surface area contributed by atoms with E-state index in [2.05, 4.69) is 17.6 Å². The number of carbonyl (C=O) groups is 1. The number of carbonyl (C=O) groups excluding carboxylic acids is 1. The predicted octanol–water partition coefficient (Wildman–Crippen LogP) is -2.77. The van der Waals surface area contributed by atoms with Gasteiger partial charge in [-0.1, -0.05) is 56.2 Å². The zero-order chi connectivity index (χ0) is 26.0. The van der Waals surface area contributed by atoms with Crippen LogP contribution < -0.4 is 69.1 Å². The van der Waals surface area contributed by atoms with Crippen LogP contribution in [0.3, 0.4) is 0 Å². The molecule has 1 N–H and O–H groups in total. The van der Waals surface area contributed by atoms with Gasteiger partial charge >= 0.3 is 59.1 Å². The largest absolute Gasteiger partial charge is 1.00 e. The van der Waals surface area contributed by atoms with Crippen molar-refractivity contribution in [2.24, 2.45) is 0 Å². The van der Waals surface area contributed by atoms with E-state index >= 15 is 0 Å². The molecule has 1 aliphatic carbocycles. The standard InChI is InChI=1S/C28H27FNO5P.2Na/c1-17(2)27-24(13-14-36(34,35)16-21(31)15-25(32)33)26(19-7-10-20(29)11-8-19)23-12-9-18-5-3-4-6-22(18)28(23)30-27;;/h3-8,10-11,17,21,31H,9,12,15-16H2,1-2H3,(H,32,33)(H,34,35);;/q;2*+1/p-2/t21-;;/m1../s1. The molecule has 3 aromatic rings. The summed E-state index contributed by atoms with van der Waals surface area (Å²) in [7, 11) is -4.46. The molecule has 0 saturated carbocycles. The van der Waals surface area contributed by atoms with Crippen LogP contribution in [0, 0.1) is 17.4 Å². The third-order valence-electron chi connectivity index (χ3n) is 6.13. The second-order valence-electron chi connectivity index (χ2n) is 9.22. The molecule has 0 spiro atoms. The summed E-state index contributed by atoms with van der Waals surface area (Å²) >= 11 is 0. The van der Waals surface area contributed by atoms with Crippen molar-refractivity contribution in [3.8, 4) is 34.0 Å². The minimum Gasteiger partial charge on any atom is -0.790 e. The van der Waals surface area contributed by atoms with Crippen LogP contribution in [0.15, 0.2) is 48.5 Å². The first-order valence-electron chi connectivity index (χ1n) is 11.7. The normalized spacial score (nSPS) is 13.9. The van der Waals surface area contributed by atoms with E-state index in [1.54, 1.807) is 12.1 Å². The van der Waals surface area contributed by atoms with Crippen LogP contribution in [0.4, 0.5) is 4.39 Å². The number of carboxylic acids is 1. The first-order valence-corrected chi connectivity index (χ1v) is 13.5. The molecular formula is C28H25FNNa2O5P.